The highest BCUT2D eigenvalue weighted by Gasteiger charge is 2.11. The lowest BCUT2D eigenvalue weighted by molar-refractivity contribution is 0.362. The Labute approximate surface area is 105 Å². The number of methoxy groups -OCH3 is 1. The van der Waals surface area contributed by atoms with Crippen LogP contribution in [0.5, 0.6) is 5.75 Å². The van der Waals surface area contributed by atoms with Gasteiger partial charge in [0.15, 0.2) is 0 Å². The monoisotopic (exact) mass is 255 g/mol. The van der Waals surface area contributed by atoms with Crippen LogP contribution in [0.2, 0.25) is 0 Å². The Morgan fingerprint density at radius 2 is 2.18 bits per heavy atom. The van der Waals surface area contributed by atoms with E-state index in [2.05, 4.69) is 10.1 Å². The summed E-state index contributed by atoms with van der Waals surface area (Å²) in [6.07, 6.45) is 0. The SMILES string of the molecule is COc1cccc(-c2noc(C(C)N)n2)c1.Cl. The van der Waals surface area contributed by atoms with Crippen molar-refractivity contribution < 1.29 is 9.26 Å². The van der Waals surface area contributed by atoms with Crippen LogP contribution in [0.15, 0.2) is 28.8 Å². The average Bonchev–Trinajstić information content (AvgIpc) is 2.78. The predicted molar refractivity (Wildman–Crippen MR) is 66.1 cm³/mol. The average molecular weight is 256 g/mol. The quantitative estimate of drug-likeness (QED) is 0.910. The summed E-state index contributed by atoms with van der Waals surface area (Å²) in [5.74, 6) is 1.70. The lowest BCUT2D eigenvalue weighted by atomic mass is 10.2. The Morgan fingerprint density at radius 3 is 2.76 bits per heavy atom. The van der Waals surface area contributed by atoms with E-state index in [-0.39, 0.29) is 18.4 Å². The third kappa shape index (κ3) is 2.95. The van der Waals surface area contributed by atoms with Crippen molar-refractivity contribution >= 4 is 12.4 Å². The van der Waals surface area contributed by atoms with Crippen molar-refractivity contribution in [3.05, 3.63) is 30.2 Å². The molecule has 2 aromatic rings. The molecule has 0 bridgehead atoms. The number of benzene rings is 1. The van der Waals surface area contributed by atoms with Crippen molar-refractivity contribution in [3.8, 4) is 17.1 Å². The number of ether oxygens (including phenoxy) is 1. The first kappa shape index (κ1) is 13.5. The van der Waals surface area contributed by atoms with Gasteiger partial charge in [-0.15, -0.1) is 12.4 Å². The first-order chi connectivity index (χ1) is 7.70. The number of nitrogens with two attached hydrogens (primary N) is 1. The Morgan fingerprint density at radius 1 is 1.41 bits per heavy atom. The number of hydrogen-bond acceptors (Lipinski definition) is 5. The van der Waals surface area contributed by atoms with Crippen LogP contribution in [0, 0.1) is 0 Å². The fourth-order valence-electron chi connectivity index (χ4n) is 1.30. The van der Waals surface area contributed by atoms with Crippen LogP contribution in [0.25, 0.3) is 11.4 Å². The molecule has 0 saturated carbocycles. The van der Waals surface area contributed by atoms with Crippen LogP contribution in [-0.4, -0.2) is 17.3 Å². The van der Waals surface area contributed by atoms with E-state index in [1.165, 1.54) is 0 Å². The Kier molecular flexibility index (Phi) is 4.48. The van der Waals surface area contributed by atoms with Crippen molar-refractivity contribution in [1.82, 2.24) is 10.1 Å². The number of hydrogen-bond donors (Lipinski definition) is 1. The molecular formula is C11H14ClN3O2. The minimum Gasteiger partial charge on any atom is -0.497 e. The molecule has 0 aliphatic rings. The Bertz CT molecular complexity index is 485. The lowest BCUT2D eigenvalue weighted by Crippen LogP contribution is -2.04. The largest absolute Gasteiger partial charge is 0.497 e. The second kappa shape index (κ2) is 5.65. The molecule has 5 nitrogen and oxygen atoms in total. The summed E-state index contributed by atoms with van der Waals surface area (Å²) < 4.78 is 10.1. The fourth-order valence-corrected chi connectivity index (χ4v) is 1.30. The second-order valence-electron chi connectivity index (χ2n) is 3.48. The van der Waals surface area contributed by atoms with Crippen LogP contribution in [-0.2, 0) is 0 Å². The Hall–Kier alpha value is -1.59. The molecule has 1 unspecified atom stereocenters. The maximum atomic E-state index is 5.64. The Balaban J connectivity index is 0.00000144. The summed E-state index contributed by atoms with van der Waals surface area (Å²) in [6, 6.07) is 7.20. The number of nitrogens with zero attached hydrogens (tertiary/aromatic N) is 2. The number of aromatic nitrogens is 2. The second-order valence-corrected chi connectivity index (χ2v) is 3.48. The third-order valence-corrected chi connectivity index (χ3v) is 2.16. The molecule has 0 radical (unpaired) electrons. The molecule has 0 saturated heterocycles. The van der Waals surface area contributed by atoms with Gasteiger partial charge in [0, 0.05) is 5.56 Å². The van der Waals surface area contributed by atoms with E-state index in [0.717, 1.165) is 11.3 Å². The molecule has 1 aromatic carbocycles. The van der Waals surface area contributed by atoms with Gasteiger partial charge in [-0.05, 0) is 19.1 Å². The predicted octanol–water partition coefficient (Wildman–Crippen LogP) is 2.19. The normalized spacial score (nSPS) is 11.7. The molecule has 0 aliphatic carbocycles. The van der Waals surface area contributed by atoms with Crippen molar-refractivity contribution in [3.63, 3.8) is 0 Å². The van der Waals surface area contributed by atoms with Crippen molar-refractivity contribution in [2.75, 3.05) is 7.11 Å². The molecule has 92 valence electrons. The first-order valence-electron chi connectivity index (χ1n) is 4.94. The van der Waals surface area contributed by atoms with Crippen molar-refractivity contribution in [2.24, 2.45) is 5.73 Å². The maximum absolute atomic E-state index is 5.64. The summed E-state index contributed by atoms with van der Waals surface area (Å²) in [6.45, 7) is 1.79. The van der Waals surface area contributed by atoms with E-state index >= 15 is 0 Å². The van der Waals surface area contributed by atoms with Gasteiger partial charge in [-0.1, -0.05) is 17.3 Å². The molecule has 1 atom stereocenters. The highest BCUT2D eigenvalue weighted by atomic mass is 35.5. The molecule has 0 amide bonds. The zero-order valence-corrected chi connectivity index (χ0v) is 10.4. The highest BCUT2D eigenvalue weighted by molar-refractivity contribution is 5.85. The van der Waals surface area contributed by atoms with E-state index in [1.54, 1.807) is 14.0 Å². The molecule has 0 aliphatic heterocycles. The topological polar surface area (TPSA) is 74.2 Å². The molecule has 0 spiro atoms. The summed E-state index contributed by atoms with van der Waals surface area (Å²) >= 11 is 0. The fraction of sp³-hybridized carbons (Fsp3) is 0.273. The van der Waals surface area contributed by atoms with Gasteiger partial charge in [0.1, 0.15) is 5.75 Å². The van der Waals surface area contributed by atoms with E-state index in [4.69, 9.17) is 15.0 Å². The third-order valence-electron chi connectivity index (χ3n) is 2.16. The van der Waals surface area contributed by atoms with E-state index in [9.17, 15) is 0 Å². The standard InChI is InChI=1S/C11H13N3O2.ClH/c1-7(12)11-13-10(14-16-11)8-4-3-5-9(6-8)15-2;/h3-7H,12H2,1-2H3;1H. The molecule has 0 fully saturated rings. The van der Waals surface area contributed by atoms with Crippen molar-refractivity contribution in [2.45, 2.75) is 13.0 Å². The molecule has 2 N–H and O–H groups in total. The van der Waals surface area contributed by atoms with Crippen LogP contribution < -0.4 is 10.5 Å². The van der Waals surface area contributed by atoms with Gasteiger partial charge < -0.3 is 15.0 Å². The van der Waals surface area contributed by atoms with Gasteiger partial charge in [0.25, 0.3) is 0 Å². The zero-order chi connectivity index (χ0) is 11.5. The molecule has 1 aromatic heterocycles. The van der Waals surface area contributed by atoms with Gasteiger partial charge in [-0.2, -0.15) is 4.98 Å². The van der Waals surface area contributed by atoms with Gasteiger partial charge in [-0.25, -0.2) is 0 Å². The summed E-state index contributed by atoms with van der Waals surface area (Å²) in [5.41, 5.74) is 6.48. The summed E-state index contributed by atoms with van der Waals surface area (Å²) in [4.78, 5) is 4.20. The number of rotatable bonds is 3. The van der Waals surface area contributed by atoms with E-state index < -0.39 is 0 Å². The van der Waals surface area contributed by atoms with Gasteiger partial charge in [0.05, 0.1) is 13.2 Å². The first-order valence-corrected chi connectivity index (χ1v) is 4.94. The molecular weight excluding hydrogens is 242 g/mol. The van der Waals surface area contributed by atoms with Crippen LogP contribution in [0.1, 0.15) is 18.9 Å². The van der Waals surface area contributed by atoms with Gasteiger partial charge >= 0.3 is 0 Å². The van der Waals surface area contributed by atoms with Crippen LogP contribution >= 0.6 is 12.4 Å². The molecule has 1 heterocycles. The lowest BCUT2D eigenvalue weighted by Gasteiger charge is -1.99. The summed E-state index contributed by atoms with van der Waals surface area (Å²) in [5, 5.41) is 3.86. The van der Waals surface area contributed by atoms with E-state index in [1.807, 2.05) is 24.3 Å². The zero-order valence-electron chi connectivity index (χ0n) is 9.58. The van der Waals surface area contributed by atoms with Gasteiger partial charge in [0.2, 0.25) is 11.7 Å². The number of halogens is 1. The van der Waals surface area contributed by atoms with Crippen LogP contribution in [0.3, 0.4) is 0 Å². The molecule has 2 rings (SSSR count). The molecule has 17 heavy (non-hydrogen) atoms. The van der Waals surface area contributed by atoms with Gasteiger partial charge in [-0.3, -0.25) is 0 Å². The minimum absolute atomic E-state index is 0. The van der Waals surface area contributed by atoms with Crippen molar-refractivity contribution in [1.29, 1.82) is 0 Å². The smallest absolute Gasteiger partial charge is 0.243 e. The summed E-state index contributed by atoms with van der Waals surface area (Å²) in [7, 11) is 1.61. The minimum atomic E-state index is -0.258. The van der Waals surface area contributed by atoms with E-state index in [0.29, 0.717) is 11.7 Å². The highest BCUT2D eigenvalue weighted by Crippen LogP contribution is 2.22. The van der Waals surface area contributed by atoms with Crippen LogP contribution in [0.4, 0.5) is 0 Å². The maximum Gasteiger partial charge on any atom is 0.243 e. The molecule has 6 heteroatoms.